The minimum atomic E-state index is 0.368. The second kappa shape index (κ2) is 5.76. The lowest BCUT2D eigenvalue weighted by Gasteiger charge is -2.04. The monoisotopic (exact) mass is 375 g/mol. The molecule has 0 amide bonds. The van der Waals surface area contributed by atoms with E-state index in [9.17, 15) is 0 Å². The van der Waals surface area contributed by atoms with E-state index < -0.39 is 0 Å². The number of rotatable bonds is 3. The molecule has 3 N–H and O–H groups in total. The summed E-state index contributed by atoms with van der Waals surface area (Å²) in [4.78, 5) is 12.5. The van der Waals surface area contributed by atoms with Crippen LogP contribution in [0, 0.1) is 0 Å². The van der Waals surface area contributed by atoms with E-state index in [2.05, 4.69) is 52.2 Å². The number of hydrogen-bond acceptors (Lipinski definition) is 6. The first-order valence-corrected chi connectivity index (χ1v) is 6.88. The van der Waals surface area contributed by atoms with E-state index in [0.717, 1.165) is 19.0 Å². The number of nitrogen functional groups attached to an aromatic ring is 1. The third-order valence-electron chi connectivity index (χ3n) is 1.74. The summed E-state index contributed by atoms with van der Waals surface area (Å²) in [5, 5.41) is 1.60. The molecule has 0 saturated heterocycles. The van der Waals surface area contributed by atoms with Crippen molar-refractivity contribution in [3.05, 3.63) is 33.5 Å². The van der Waals surface area contributed by atoms with Gasteiger partial charge in [0.15, 0.2) is 0 Å². The van der Waals surface area contributed by atoms with Crippen molar-refractivity contribution in [3.8, 4) is 0 Å². The van der Waals surface area contributed by atoms with Crippen LogP contribution in [0.5, 0.6) is 0 Å². The summed E-state index contributed by atoms with van der Waals surface area (Å²) in [6.07, 6.45) is 3.38. The van der Waals surface area contributed by atoms with Crippen LogP contribution in [0.25, 0.3) is 0 Å². The van der Waals surface area contributed by atoms with Gasteiger partial charge in [0.05, 0.1) is 4.47 Å². The van der Waals surface area contributed by atoms with Gasteiger partial charge < -0.3 is 0 Å². The van der Waals surface area contributed by atoms with Crippen molar-refractivity contribution >= 4 is 49.6 Å². The quantitative estimate of drug-likeness (QED) is 0.487. The van der Waals surface area contributed by atoms with E-state index in [4.69, 9.17) is 5.84 Å². The van der Waals surface area contributed by atoms with Crippen molar-refractivity contribution in [2.45, 2.75) is 10.1 Å². The fraction of sp³-hybridized carbons (Fsp3) is 0. The number of hydrazine groups is 1. The Hall–Kier alpha value is -0.700. The van der Waals surface area contributed by atoms with Crippen LogP contribution in [0.2, 0.25) is 0 Å². The SMILES string of the molecule is NNc1ncc(Br)c(Sc2ccc(Br)cn2)n1. The number of anilines is 1. The molecule has 0 aliphatic heterocycles. The van der Waals surface area contributed by atoms with E-state index in [-0.39, 0.29) is 0 Å². The largest absolute Gasteiger partial charge is 0.292 e. The molecular weight excluding hydrogens is 370 g/mol. The summed E-state index contributed by atoms with van der Waals surface area (Å²) in [7, 11) is 0. The molecule has 0 saturated carbocycles. The van der Waals surface area contributed by atoms with Gasteiger partial charge in [-0.25, -0.2) is 20.8 Å². The van der Waals surface area contributed by atoms with Crippen molar-refractivity contribution in [1.29, 1.82) is 0 Å². The van der Waals surface area contributed by atoms with Gasteiger partial charge in [-0.1, -0.05) is 0 Å². The fourth-order valence-corrected chi connectivity index (χ4v) is 2.40. The molecule has 0 aliphatic carbocycles. The van der Waals surface area contributed by atoms with Crippen LogP contribution >= 0.6 is 43.6 Å². The van der Waals surface area contributed by atoms with Gasteiger partial charge in [-0.15, -0.1) is 0 Å². The van der Waals surface area contributed by atoms with Crippen molar-refractivity contribution in [2.75, 3.05) is 5.43 Å². The summed E-state index contributed by atoms with van der Waals surface area (Å²) in [6.45, 7) is 0. The van der Waals surface area contributed by atoms with Gasteiger partial charge >= 0.3 is 0 Å². The Morgan fingerprint density at radius 3 is 2.65 bits per heavy atom. The zero-order valence-electron chi connectivity index (χ0n) is 8.39. The van der Waals surface area contributed by atoms with Gasteiger partial charge in [0.2, 0.25) is 5.95 Å². The van der Waals surface area contributed by atoms with Crippen LogP contribution in [-0.4, -0.2) is 15.0 Å². The molecule has 17 heavy (non-hydrogen) atoms. The highest BCUT2D eigenvalue weighted by atomic mass is 79.9. The van der Waals surface area contributed by atoms with Gasteiger partial charge in [0.25, 0.3) is 0 Å². The van der Waals surface area contributed by atoms with Crippen LogP contribution < -0.4 is 11.3 Å². The smallest absolute Gasteiger partial charge is 0.238 e. The average Bonchev–Trinajstić information content (AvgIpc) is 2.35. The average molecular weight is 377 g/mol. The Bertz CT molecular complexity index is 519. The summed E-state index contributed by atoms with van der Waals surface area (Å²) in [5.41, 5.74) is 2.41. The number of aromatic nitrogens is 3. The second-order valence-corrected chi connectivity index (χ2v) is 5.69. The molecule has 0 bridgehead atoms. The Labute approximate surface area is 119 Å². The molecule has 0 spiro atoms. The molecule has 0 unspecified atom stereocenters. The molecule has 0 aromatic carbocycles. The highest BCUT2D eigenvalue weighted by Gasteiger charge is 2.07. The van der Waals surface area contributed by atoms with Crippen LogP contribution in [0.3, 0.4) is 0 Å². The predicted octanol–water partition coefficient (Wildman–Crippen LogP) is 2.83. The molecule has 0 radical (unpaired) electrons. The number of hydrogen-bond donors (Lipinski definition) is 2. The first-order valence-electron chi connectivity index (χ1n) is 4.47. The summed E-state index contributed by atoms with van der Waals surface area (Å²) in [6, 6.07) is 3.82. The minimum Gasteiger partial charge on any atom is -0.292 e. The standard InChI is InChI=1S/C9H7Br2N5S/c10-5-1-2-7(13-3-5)17-8-6(11)4-14-9(15-8)16-12/h1-4H,12H2,(H,14,15,16). The third kappa shape index (κ3) is 3.38. The molecule has 0 atom stereocenters. The van der Waals surface area contributed by atoms with Gasteiger partial charge in [-0.2, -0.15) is 0 Å². The first-order chi connectivity index (χ1) is 8.19. The Balaban J connectivity index is 2.25. The Morgan fingerprint density at radius 1 is 1.18 bits per heavy atom. The molecule has 8 heteroatoms. The minimum absolute atomic E-state index is 0.368. The Morgan fingerprint density at radius 2 is 2.00 bits per heavy atom. The van der Waals surface area contributed by atoms with Gasteiger partial charge in [-0.3, -0.25) is 5.43 Å². The van der Waals surface area contributed by atoms with Crippen molar-refractivity contribution in [2.24, 2.45) is 5.84 Å². The highest BCUT2D eigenvalue weighted by Crippen LogP contribution is 2.31. The van der Waals surface area contributed by atoms with E-state index in [1.54, 1.807) is 12.4 Å². The maximum atomic E-state index is 5.26. The van der Waals surface area contributed by atoms with Crippen LogP contribution in [0.15, 0.2) is 43.5 Å². The zero-order chi connectivity index (χ0) is 12.3. The van der Waals surface area contributed by atoms with Crippen LogP contribution in [0.4, 0.5) is 5.95 Å². The third-order valence-corrected chi connectivity index (χ3v) is 4.01. The van der Waals surface area contributed by atoms with Gasteiger partial charge in [0, 0.05) is 16.9 Å². The zero-order valence-corrected chi connectivity index (χ0v) is 12.4. The van der Waals surface area contributed by atoms with Crippen LogP contribution in [0.1, 0.15) is 0 Å². The number of pyridine rings is 1. The molecule has 2 heterocycles. The summed E-state index contributed by atoms with van der Waals surface area (Å²) < 4.78 is 1.74. The number of nitrogens with two attached hydrogens (primary N) is 1. The lowest BCUT2D eigenvalue weighted by molar-refractivity contribution is 1.00. The van der Waals surface area contributed by atoms with E-state index in [1.165, 1.54) is 11.8 Å². The van der Waals surface area contributed by atoms with Crippen molar-refractivity contribution in [3.63, 3.8) is 0 Å². The van der Waals surface area contributed by atoms with E-state index in [1.807, 2.05) is 12.1 Å². The first kappa shape index (κ1) is 12.7. The highest BCUT2D eigenvalue weighted by molar-refractivity contribution is 9.10. The molecule has 2 aromatic heterocycles. The number of nitrogens with one attached hydrogen (secondary N) is 1. The lowest BCUT2D eigenvalue weighted by Crippen LogP contribution is -2.10. The molecule has 0 fully saturated rings. The van der Waals surface area contributed by atoms with Crippen molar-refractivity contribution in [1.82, 2.24) is 15.0 Å². The van der Waals surface area contributed by atoms with Crippen molar-refractivity contribution < 1.29 is 0 Å². The topological polar surface area (TPSA) is 76.7 Å². The van der Waals surface area contributed by atoms with E-state index >= 15 is 0 Å². The summed E-state index contributed by atoms with van der Waals surface area (Å²) in [5.74, 6) is 5.63. The number of nitrogens with zero attached hydrogens (tertiary/aromatic N) is 3. The molecule has 2 rings (SSSR count). The maximum Gasteiger partial charge on any atom is 0.238 e. The molecule has 88 valence electrons. The normalized spacial score (nSPS) is 10.3. The van der Waals surface area contributed by atoms with E-state index in [0.29, 0.717) is 5.95 Å². The van der Waals surface area contributed by atoms with Gasteiger partial charge in [0.1, 0.15) is 10.1 Å². The molecule has 2 aromatic rings. The predicted molar refractivity (Wildman–Crippen MR) is 73.6 cm³/mol. The molecule has 5 nitrogen and oxygen atoms in total. The molecular formula is C9H7Br2N5S. The summed E-state index contributed by atoms with van der Waals surface area (Å²) >= 11 is 8.14. The molecule has 0 aliphatic rings. The Kier molecular flexibility index (Phi) is 4.32. The van der Waals surface area contributed by atoms with Crippen LogP contribution in [-0.2, 0) is 0 Å². The lowest BCUT2D eigenvalue weighted by atomic mass is 10.5. The van der Waals surface area contributed by atoms with Gasteiger partial charge in [-0.05, 0) is 55.8 Å². The fourth-order valence-electron chi connectivity index (χ4n) is 1.01. The number of halogens is 2. The second-order valence-electron chi connectivity index (χ2n) is 2.91. The maximum absolute atomic E-state index is 5.26.